The minimum absolute atomic E-state index is 0.00273. The normalized spacial score (nSPS) is 10.4. The average molecular weight is 371 g/mol. The average Bonchev–Trinajstić information content (AvgIpc) is 2.65. The molecule has 1 N–H and O–H groups in total. The number of nitrogens with one attached hydrogen (secondary N) is 1. The van der Waals surface area contributed by atoms with E-state index in [-0.39, 0.29) is 16.6 Å². The van der Waals surface area contributed by atoms with E-state index in [4.69, 9.17) is 11.6 Å². The van der Waals surface area contributed by atoms with E-state index in [0.717, 1.165) is 5.56 Å². The molecule has 132 valence electrons. The molecule has 2 aromatic carbocycles. The monoisotopic (exact) mass is 370 g/mol. The topological polar surface area (TPSA) is 58.1 Å². The van der Waals surface area contributed by atoms with Crippen LogP contribution in [0.4, 0.5) is 15.9 Å². The molecule has 26 heavy (non-hydrogen) atoms. The van der Waals surface area contributed by atoms with E-state index in [1.807, 2.05) is 30.3 Å². The van der Waals surface area contributed by atoms with Crippen LogP contribution in [-0.4, -0.2) is 27.8 Å². The zero-order valence-corrected chi connectivity index (χ0v) is 14.7. The summed E-state index contributed by atoms with van der Waals surface area (Å²) < 4.78 is 13.2. The first-order chi connectivity index (χ1) is 12.5. The Balaban J connectivity index is 1.73. The first kappa shape index (κ1) is 17.8. The van der Waals surface area contributed by atoms with E-state index < -0.39 is 5.82 Å². The summed E-state index contributed by atoms with van der Waals surface area (Å²) in [5, 5.41) is 2.99. The molecule has 1 aromatic heterocycles. The van der Waals surface area contributed by atoms with Gasteiger partial charge in [-0.3, -0.25) is 4.79 Å². The second-order valence-electron chi connectivity index (χ2n) is 5.69. The van der Waals surface area contributed by atoms with Crippen molar-refractivity contribution in [3.63, 3.8) is 0 Å². The third-order valence-electron chi connectivity index (χ3n) is 3.69. The Kier molecular flexibility index (Phi) is 5.43. The number of aromatic nitrogens is 2. The predicted octanol–water partition coefficient (Wildman–Crippen LogP) is 4.28. The van der Waals surface area contributed by atoms with Gasteiger partial charge in [-0.15, -0.1) is 0 Å². The summed E-state index contributed by atoms with van der Waals surface area (Å²) in [6.45, 7) is 0.472. The van der Waals surface area contributed by atoms with Crippen molar-refractivity contribution >= 4 is 29.0 Å². The van der Waals surface area contributed by atoms with Gasteiger partial charge in [0.2, 0.25) is 0 Å². The maximum absolute atomic E-state index is 13.2. The molecule has 0 aliphatic carbocycles. The highest BCUT2D eigenvalue weighted by atomic mass is 35.5. The molecule has 0 unspecified atom stereocenters. The van der Waals surface area contributed by atoms with Gasteiger partial charge < -0.3 is 10.2 Å². The molecule has 5 nitrogen and oxygen atoms in total. The van der Waals surface area contributed by atoms with Crippen molar-refractivity contribution in [1.29, 1.82) is 0 Å². The molecular formula is C19H16ClFN4O. The lowest BCUT2D eigenvalue weighted by molar-refractivity contribution is 0.0779. The van der Waals surface area contributed by atoms with Crippen LogP contribution in [0.1, 0.15) is 16.1 Å². The molecule has 1 heterocycles. The number of benzene rings is 2. The number of hydrogen-bond acceptors (Lipinski definition) is 4. The number of carbonyl (C=O) groups excluding carboxylic acids is 1. The molecule has 3 aromatic rings. The van der Waals surface area contributed by atoms with Crippen molar-refractivity contribution < 1.29 is 9.18 Å². The molecule has 0 aliphatic rings. The number of nitrogens with zero attached hydrogens (tertiary/aromatic N) is 3. The Bertz CT molecular complexity index is 920. The Labute approximate surface area is 155 Å². The zero-order chi connectivity index (χ0) is 18.5. The Morgan fingerprint density at radius 3 is 2.65 bits per heavy atom. The molecule has 0 radical (unpaired) electrons. The van der Waals surface area contributed by atoms with E-state index >= 15 is 0 Å². The molecular weight excluding hydrogens is 355 g/mol. The van der Waals surface area contributed by atoms with Gasteiger partial charge >= 0.3 is 0 Å². The lowest BCUT2D eigenvalue weighted by Gasteiger charge is -2.17. The van der Waals surface area contributed by atoms with Crippen molar-refractivity contribution in [2.45, 2.75) is 6.54 Å². The van der Waals surface area contributed by atoms with Crippen molar-refractivity contribution in [2.24, 2.45) is 0 Å². The number of carbonyl (C=O) groups is 1. The fourth-order valence-electron chi connectivity index (χ4n) is 2.39. The van der Waals surface area contributed by atoms with Gasteiger partial charge in [-0.05, 0) is 23.8 Å². The summed E-state index contributed by atoms with van der Waals surface area (Å²) in [6, 6.07) is 15.5. The molecule has 0 aliphatic heterocycles. The number of rotatable bonds is 5. The van der Waals surface area contributed by atoms with Crippen molar-refractivity contribution in [2.75, 3.05) is 12.4 Å². The summed E-state index contributed by atoms with van der Waals surface area (Å²) in [5.41, 5.74) is 1.84. The first-order valence-corrected chi connectivity index (χ1v) is 8.24. The Morgan fingerprint density at radius 1 is 1.15 bits per heavy atom. The van der Waals surface area contributed by atoms with Gasteiger partial charge in [0.05, 0.1) is 5.02 Å². The van der Waals surface area contributed by atoms with Crippen LogP contribution in [0, 0.1) is 5.82 Å². The van der Waals surface area contributed by atoms with Gasteiger partial charge in [0, 0.05) is 25.3 Å². The standard InChI is InChI=1S/C19H16ClFN4O/c1-25(11-13-5-3-2-4-6-13)19(26)17-10-18(23-12-22-17)24-14-7-8-16(21)15(20)9-14/h2-10,12H,11H2,1H3,(H,22,23,24). The molecule has 0 fully saturated rings. The van der Waals surface area contributed by atoms with Gasteiger partial charge in [-0.1, -0.05) is 41.9 Å². The van der Waals surface area contributed by atoms with E-state index in [9.17, 15) is 9.18 Å². The van der Waals surface area contributed by atoms with E-state index in [1.165, 1.54) is 24.5 Å². The summed E-state index contributed by atoms with van der Waals surface area (Å²) in [4.78, 5) is 22.3. The van der Waals surface area contributed by atoms with Crippen LogP contribution in [0.15, 0.2) is 60.9 Å². The van der Waals surface area contributed by atoms with Gasteiger partial charge in [-0.2, -0.15) is 0 Å². The maximum atomic E-state index is 13.2. The van der Waals surface area contributed by atoms with Crippen LogP contribution in [0.2, 0.25) is 5.02 Å². The minimum Gasteiger partial charge on any atom is -0.340 e. The molecule has 3 rings (SSSR count). The molecule has 0 atom stereocenters. The molecule has 0 saturated carbocycles. The molecule has 0 bridgehead atoms. The second kappa shape index (κ2) is 7.93. The summed E-state index contributed by atoms with van der Waals surface area (Å²) in [5.74, 6) is -0.311. The Hall–Kier alpha value is -2.99. The van der Waals surface area contributed by atoms with E-state index in [1.54, 1.807) is 18.0 Å². The van der Waals surface area contributed by atoms with Crippen LogP contribution < -0.4 is 5.32 Å². The van der Waals surface area contributed by atoms with Gasteiger partial charge in [0.1, 0.15) is 23.7 Å². The zero-order valence-electron chi connectivity index (χ0n) is 14.0. The van der Waals surface area contributed by atoms with Crippen LogP contribution >= 0.6 is 11.6 Å². The third-order valence-corrected chi connectivity index (χ3v) is 3.98. The maximum Gasteiger partial charge on any atom is 0.272 e. The van der Waals surface area contributed by atoms with Crippen molar-refractivity contribution in [3.05, 3.63) is 83.0 Å². The van der Waals surface area contributed by atoms with Crippen molar-refractivity contribution in [3.8, 4) is 0 Å². The van der Waals surface area contributed by atoms with Gasteiger partial charge in [-0.25, -0.2) is 14.4 Å². The third kappa shape index (κ3) is 4.34. The SMILES string of the molecule is CN(Cc1ccccc1)C(=O)c1cc(Nc2ccc(F)c(Cl)c2)ncn1. The van der Waals surface area contributed by atoms with E-state index in [0.29, 0.717) is 18.1 Å². The summed E-state index contributed by atoms with van der Waals surface area (Å²) in [6.07, 6.45) is 1.30. The summed E-state index contributed by atoms with van der Waals surface area (Å²) in [7, 11) is 1.71. The van der Waals surface area contributed by atoms with Crippen LogP contribution in [0.5, 0.6) is 0 Å². The number of amides is 1. The van der Waals surface area contributed by atoms with E-state index in [2.05, 4.69) is 15.3 Å². The van der Waals surface area contributed by atoms with Gasteiger partial charge in [0.15, 0.2) is 0 Å². The highest BCUT2D eigenvalue weighted by molar-refractivity contribution is 6.31. The number of halogens is 2. The number of hydrogen-bond donors (Lipinski definition) is 1. The highest BCUT2D eigenvalue weighted by Gasteiger charge is 2.14. The fraction of sp³-hybridized carbons (Fsp3) is 0.105. The number of anilines is 2. The van der Waals surface area contributed by atoms with Gasteiger partial charge in [0.25, 0.3) is 5.91 Å². The highest BCUT2D eigenvalue weighted by Crippen LogP contribution is 2.22. The van der Waals surface area contributed by atoms with Crippen LogP contribution in [0.25, 0.3) is 0 Å². The van der Waals surface area contributed by atoms with Crippen LogP contribution in [0.3, 0.4) is 0 Å². The predicted molar refractivity (Wildman–Crippen MR) is 99.0 cm³/mol. The summed E-state index contributed by atoms with van der Waals surface area (Å²) >= 11 is 5.77. The molecule has 0 saturated heterocycles. The van der Waals surface area contributed by atoms with Crippen LogP contribution in [-0.2, 0) is 6.54 Å². The largest absolute Gasteiger partial charge is 0.340 e. The minimum atomic E-state index is -0.502. The molecule has 0 spiro atoms. The first-order valence-electron chi connectivity index (χ1n) is 7.86. The second-order valence-corrected chi connectivity index (χ2v) is 6.10. The Morgan fingerprint density at radius 2 is 1.92 bits per heavy atom. The molecule has 7 heteroatoms. The fourth-order valence-corrected chi connectivity index (χ4v) is 2.57. The smallest absolute Gasteiger partial charge is 0.272 e. The van der Waals surface area contributed by atoms with Crippen molar-refractivity contribution in [1.82, 2.24) is 14.9 Å². The quantitative estimate of drug-likeness (QED) is 0.728. The molecule has 1 amide bonds. The lowest BCUT2D eigenvalue weighted by Crippen LogP contribution is -2.27. The lowest BCUT2D eigenvalue weighted by atomic mass is 10.2.